The number of rotatable bonds is 7. The predicted molar refractivity (Wildman–Crippen MR) is 105 cm³/mol. The van der Waals surface area contributed by atoms with Crippen LogP contribution in [-0.4, -0.2) is 64.5 Å². The van der Waals surface area contributed by atoms with Crippen LogP contribution in [0.2, 0.25) is 0 Å². The van der Waals surface area contributed by atoms with Gasteiger partial charge in [-0.25, -0.2) is 19.5 Å². The van der Waals surface area contributed by atoms with Crippen molar-refractivity contribution in [3.05, 3.63) is 47.0 Å². The Morgan fingerprint density at radius 3 is 2.62 bits per heavy atom. The number of ether oxygens (including phenoxy) is 1. The smallest absolute Gasteiger partial charge is 0.404 e. The number of hydrogen-bond donors (Lipinski definition) is 4. The molecule has 3 aromatic rings. The van der Waals surface area contributed by atoms with Crippen molar-refractivity contribution < 1.29 is 38.4 Å². The average molecular weight is 468 g/mol. The van der Waals surface area contributed by atoms with E-state index < -0.39 is 43.9 Å². The second kappa shape index (κ2) is 8.38. The third-order valence-electron chi connectivity index (χ3n) is 4.67. The zero-order chi connectivity index (χ0) is 23.0. The standard InChI is InChI=1S/C16H17N6O9P/c17-14-11-15(19-6-18-14)21(7-20-11)16-13(24)12(23)10(30-16)5-29-32(27,28)31-9-3-1-8(2-4-9)22(25)26/h1-4,6-7,10,12-13,16,23-24H,5H2,(H,27,28)(H2,17,18,19)/t10-,12?,13?,16-/m1/s1. The van der Waals surface area contributed by atoms with E-state index in [0.29, 0.717) is 0 Å². The molecule has 0 bridgehead atoms. The lowest BCUT2D eigenvalue weighted by Gasteiger charge is -2.18. The molecule has 15 nitrogen and oxygen atoms in total. The normalized spacial score (nSPS) is 25.0. The van der Waals surface area contributed by atoms with Gasteiger partial charge >= 0.3 is 7.82 Å². The molecule has 0 saturated carbocycles. The van der Waals surface area contributed by atoms with Gasteiger partial charge in [0, 0.05) is 12.1 Å². The monoisotopic (exact) mass is 468 g/mol. The summed E-state index contributed by atoms with van der Waals surface area (Å²) in [7, 11) is -4.68. The van der Waals surface area contributed by atoms with Crippen LogP contribution in [0.1, 0.15) is 6.23 Å². The molecule has 32 heavy (non-hydrogen) atoms. The number of fused-ring (bicyclic) bond motifs is 1. The highest BCUT2D eigenvalue weighted by molar-refractivity contribution is 7.47. The number of phosphoric acid groups is 1. The van der Waals surface area contributed by atoms with Gasteiger partial charge in [0.25, 0.3) is 5.69 Å². The van der Waals surface area contributed by atoms with Crippen molar-refractivity contribution in [3.63, 3.8) is 0 Å². The van der Waals surface area contributed by atoms with E-state index in [1.54, 1.807) is 0 Å². The first kappa shape index (κ1) is 22.0. The third kappa shape index (κ3) is 4.25. The molecule has 3 unspecified atom stereocenters. The molecule has 0 spiro atoms. The number of imidazole rings is 1. The fraction of sp³-hybridized carbons (Fsp3) is 0.312. The summed E-state index contributed by atoms with van der Waals surface area (Å²) in [5, 5.41) is 31.4. The number of nitro benzene ring substituents is 1. The summed E-state index contributed by atoms with van der Waals surface area (Å²) in [6.45, 7) is -0.612. The Morgan fingerprint density at radius 1 is 1.22 bits per heavy atom. The second-order valence-corrected chi connectivity index (χ2v) is 8.11. The van der Waals surface area contributed by atoms with Crippen molar-refractivity contribution in [2.45, 2.75) is 24.5 Å². The summed E-state index contributed by atoms with van der Waals surface area (Å²) in [6.07, 6.45) is -2.75. The number of nitro groups is 1. The number of nitrogen functional groups attached to an aromatic ring is 1. The lowest BCUT2D eigenvalue weighted by Crippen LogP contribution is -2.33. The minimum Gasteiger partial charge on any atom is -0.404 e. The average Bonchev–Trinajstić information content (AvgIpc) is 3.29. The zero-order valence-electron chi connectivity index (χ0n) is 16.0. The van der Waals surface area contributed by atoms with Crippen LogP contribution in [0.3, 0.4) is 0 Å². The van der Waals surface area contributed by atoms with Crippen molar-refractivity contribution in [3.8, 4) is 5.75 Å². The number of hydrogen-bond acceptors (Lipinski definition) is 12. The quantitative estimate of drug-likeness (QED) is 0.206. The van der Waals surface area contributed by atoms with E-state index in [0.717, 1.165) is 24.3 Å². The molecule has 0 aliphatic carbocycles. The largest absolute Gasteiger partial charge is 0.527 e. The van der Waals surface area contributed by atoms with Crippen LogP contribution >= 0.6 is 7.82 Å². The number of nitrogens with two attached hydrogens (primary N) is 1. The summed E-state index contributed by atoms with van der Waals surface area (Å²) in [5.41, 5.74) is 6.03. The van der Waals surface area contributed by atoms with Crippen molar-refractivity contribution >= 4 is 30.5 Å². The van der Waals surface area contributed by atoms with E-state index in [1.807, 2.05) is 0 Å². The number of non-ortho nitro benzene ring substituents is 1. The maximum Gasteiger partial charge on any atom is 0.527 e. The van der Waals surface area contributed by atoms with Gasteiger partial charge < -0.3 is 25.2 Å². The molecule has 1 aromatic carbocycles. The molecule has 0 radical (unpaired) electrons. The minimum absolute atomic E-state index is 0.117. The fourth-order valence-electron chi connectivity index (χ4n) is 3.11. The number of aliphatic hydroxyl groups excluding tert-OH is 2. The third-order valence-corrected chi connectivity index (χ3v) is 5.59. The van der Waals surface area contributed by atoms with Gasteiger partial charge in [0.1, 0.15) is 35.9 Å². The van der Waals surface area contributed by atoms with Crippen LogP contribution in [0.15, 0.2) is 36.9 Å². The number of aliphatic hydroxyl groups is 2. The molecular weight excluding hydrogens is 451 g/mol. The Bertz CT molecular complexity index is 1190. The molecule has 1 aliphatic heterocycles. The van der Waals surface area contributed by atoms with Crippen molar-refractivity contribution in [2.75, 3.05) is 12.3 Å². The number of aromatic nitrogens is 4. The van der Waals surface area contributed by atoms with Gasteiger partial charge in [0.05, 0.1) is 17.9 Å². The lowest BCUT2D eigenvalue weighted by molar-refractivity contribution is -0.384. The highest BCUT2D eigenvalue weighted by Crippen LogP contribution is 2.45. The topological polar surface area (TPSA) is 218 Å². The molecule has 5 N–H and O–H groups in total. The Kier molecular flexibility index (Phi) is 5.77. The number of nitrogens with zero attached hydrogens (tertiary/aromatic N) is 5. The summed E-state index contributed by atoms with van der Waals surface area (Å²) >= 11 is 0. The van der Waals surface area contributed by atoms with Crippen LogP contribution in [0.4, 0.5) is 11.5 Å². The summed E-state index contributed by atoms with van der Waals surface area (Å²) in [5.74, 6) is -0.0272. The van der Waals surface area contributed by atoms with E-state index in [2.05, 4.69) is 15.0 Å². The molecule has 5 atom stereocenters. The van der Waals surface area contributed by atoms with Crippen molar-refractivity contribution in [1.29, 1.82) is 0 Å². The van der Waals surface area contributed by atoms with Crippen LogP contribution in [0.25, 0.3) is 11.2 Å². The van der Waals surface area contributed by atoms with E-state index >= 15 is 0 Å². The maximum atomic E-state index is 12.2. The van der Waals surface area contributed by atoms with Crippen LogP contribution in [0.5, 0.6) is 5.75 Å². The lowest BCUT2D eigenvalue weighted by atomic mass is 10.1. The first-order valence-electron chi connectivity index (χ1n) is 9.02. The molecule has 1 aliphatic rings. The summed E-state index contributed by atoms with van der Waals surface area (Å²) in [4.78, 5) is 31.9. The molecule has 1 saturated heterocycles. The van der Waals surface area contributed by atoms with E-state index in [9.17, 15) is 29.8 Å². The van der Waals surface area contributed by atoms with Gasteiger partial charge in [0.15, 0.2) is 17.7 Å². The van der Waals surface area contributed by atoms with Gasteiger partial charge in [-0.15, -0.1) is 0 Å². The number of phosphoric ester groups is 1. The zero-order valence-corrected chi connectivity index (χ0v) is 16.9. The first-order chi connectivity index (χ1) is 15.2. The fourth-order valence-corrected chi connectivity index (χ4v) is 3.88. The molecule has 2 aromatic heterocycles. The Balaban J connectivity index is 1.42. The Morgan fingerprint density at radius 2 is 1.94 bits per heavy atom. The number of anilines is 1. The first-order valence-corrected chi connectivity index (χ1v) is 10.5. The van der Waals surface area contributed by atoms with Crippen LogP contribution in [-0.2, 0) is 13.8 Å². The van der Waals surface area contributed by atoms with Gasteiger partial charge in [-0.3, -0.25) is 24.1 Å². The molecular formula is C16H17N6O9P. The van der Waals surface area contributed by atoms with E-state index in [4.69, 9.17) is 19.5 Å². The minimum atomic E-state index is -4.68. The van der Waals surface area contributed by atoms with Gasteiger partial charge in [-0.05, 0) is 12.1 Å². The Labute approximate surface area is 178 Å². The molecule has 4 rings (SSSR count). The molecule has 3 heterocycles. The second-order valence-electron chi connectivity index (χ2n) is 6.74. The van der Waals surface area contributed by atoms with Gasteiger partial charge in [0.2, 0.25) is 0 Å². The molecule has 170 valence electrons. The molecule has 1 fully saturated rings. The van der Waals surface area contributed by atoms with Crippen LogP contribution < -0.4 is 10.3 Å². The van der Waals surface area contributed by atoms with E-state index in [1.165, 1.54) is 17.2 Å². The van der Waals surface area contributed by atoms with Crippen LogP contribution in [0, 0.1) is 10.1 Å². The maximum absolute atomic E-state index is 12.2. The molecule has 16 heteroatoms. The van der Waals surface area contributed by atoms with Gasteiger partial charge in [-0.2, -0.15) is 0 Å². The van der Waals surface area contributed by atoms with Crippen molar-refractivity contribution in [2.24, 2.45) is 0 Å². The highest BCUT2D eigenvalue weighted by Gasteiger charge is 2.45. The highest BCUT2D eigenvalue weighted by atomic mass is 31.2. The number of benzene rings is 1. The summed E-state index contributed by atoms with van der Waals surface area (Å²) in [6, 6.07) is 4.43. The summed E-state index contributed by atoms with van der Waals surface area (Å²) < 4.78 is 28.9. The molecule has 0 amide bonds. The Hall–Kier alpha value is -3.20. The van der Waals surface area contributed by atoms with E-state index in [-0.39, 0.29) is 28.4 Å². The predicted octanol–water partition coefficient (Wildman–Crippen LogP) is 0.132. The SMILES string of the molecule is Nc1ncnc2c1ncn2[C@@H]1O[C@H](COP(=O)(O)Oc2ccc([N+](=O)[O-])cc2)C(O)C1O. The van der Waals surface area contributed by atoms with Gasteiger partial charge in [-0.1, -0.05) is 0 Å². The van der Waals surface area contributed by atoms with Crippen molar-refractivity contribution in [1.82, 2.24) is 19.5 Å².